The van der Waals surface area contributed by atoms with E-state index in [9.17, 15) is 9.59 Å². The van der Waals surface area contributed by atoms with E-state index < -0.39 is 24.5 Å². The monoisotopic (exact) mass is 324 g/mol. The number of benzene rings is 1. The van der Waals surface area contributed by atoms with Gasteiger partial charge in [0.15, 0.2) is 0 Å². The van der Waals surface area contributed by atoms with E-state index in [1.165, 1.54) is 0 Å². The van der Waals surface area contributed by atoms with Crippen molar-refractivity contribution in [3.05, 3.63) is 24.3 Å². The maximum absolute atomic E-state index is 11.9. The number of nitrogens with zero attached hydrogens (tertiary/aromatic N) is 1. The summed E-state index contributed by atoms with van der Waals surface area (Å²) in [4.78, 5) is 23.8. The molecule has 0 saturated heterocycles. The molecular formula is C11H11N2O4Y+2. The van der Waals surface area contributed by atoms with Crippen LogP contribution in [0.1, 0.15) is 0 Å². The first-order valence-electron chi connectivity index (χ1n) is 5.01. The molecule has 1 amide bonds. The van der Waals surface area contributed by atoms with Crippen LogP contribution < -0.4 is 15.4 Å². The second-order valence-corrected chi connectivity index (χ2v) is 3.63. The number of carboxylic acids is 1. The molecule has 2 rings (SSSR count). The molecule has 6 nitrogen and oxygen atoms in total. The Bertz CT molecular complexity index is 466. The third-order valence-electron chi connectivity index (χ3n) is 2.39. The number of ether oxygens (including phenoxy) is 1. The minimum Gasteiger partial charge on any atom is -0.547 e. The van der Waals surface area contributed by atoms with Crippen molar-refractivity contribution in [2.45, 2.75) is 6.04 Å². The summed E-state index contributed by atoms with van der Waals surface area (Å²) in [6, 6.07) is 6.65. The van der Waals surface area contributed by atoms with Gasteiger partial charge in [-0.05, 0) is 5.69 Å². The number of amides is 1. The van der Waals surface area contributed by atoms with Gasteiger partial charge < -0.3 is 20.5 Å². The second-order valence-electron chi connectivity index (χ2n) is 3.63. The summed E-state index contributed by atoms with van der Waals surface area (Å²) in [6.45, 7) is -0.410. The van der Waals surface area contributed by atoms with Crippen LogP contribution in [-0.2, 0) is 42.3 Å². The topological polar surface area (TPSA) is 92.9 Å². The molecule has 1 aliphatic rings. The van der Waals surface area contributed by atoms with Crippen LogP contribution in [0.4, 0.5) is 5.69 Å². The molecule has 0 radical (unpaired) electrons. The third-order valence-corrected chi connectivity index (χ3v) is 2.39. The van der Waals surface area contributed by atoms with E-state index in [-0.39, 0.29) is 39.3 Å². The van der Waals surface area contributed by atoms with E-state index in [0.717, 1.165) is 4.90 Å². The van der Waals surface area contributed by atoms with Crippen molar-refractivity contribution >= 4 is 17.6 Å². The SMILES string of the molecule is NC1COc2c[c-]ccc2N(CC(=O)O)C1=O.[Y+3]. The Hall–Kier alpha value is -0.976. The Morgan fingerprint density at radius 2 is 2.39 bits per heavy atom. The molecule has 1 atom stereocenters. The predicted molar refractivity (Wildman–Crippen MR) is 58.7 cm³/mol. The van der Waals surface area contributed by atoms with Crippen LogP contribution in [0.5, 0.6) is 5.75 Å². The van der Waals surface area contributed by atoms with E-state index in [1.807, 2.05) is 0 Å². The molecular weight excluding hydrogens is 313 g/mol. The van der Waals surface area contributed by atoms with Gasteiger partial charge in [0, 0.05) is 5.75 Å². The summed E-state index contributed by atoms with van der Waals surface area (Å²) in [5.41, 5.74) is 6.01. The summed E-state index contributed by atoms with van der Waals surface area (Å²) >= 11 is 0. The van der Waals surface area contributed by atoms with Gasteiger partial charge in [-0.15, -0.1) is 12.1 Å². The molecule has 7 heteroatoms. The molecule has 1 unspecified atom stereocenters. The van der Waals surface area contributed by atoms with Gasteiger partial charge in [-0.2, -0.15) is 12.1 Å². The molecule has 1 aliphatic heterocycles. The zero-order valence-corrected chi connectivity index (χ0v) is 12.3. The van der Waals surface area contributed by atoms with Gasteiger partial charge in [-0.1, -0.05) is 0 Å². The molecule has 3 N–H and O–H groups in total. The molecule has 1 heterocycles. The van der Waals surface area contributed by atoms with Crippen LogP contribution in [0.15, 0.2) is 18.2 Å². The number of hydrogen-bond acceptors (Lipinski definition) is 4. The van der Waals surface area contributed by atoms with Gasteiger partial charge in [0.2, 0.25) is 5.91 Å². The number of nitrogens with two attached hydrogens (primary N) is 1. The molecule has 90 valence electrons. The van der Waals surface area contributed by atoms with Crippen molar-refractivity contribution in [3.8, 4) is 5.75 Å². The van der Waals surface area contributed by atoms with E-state index in [4.69, 9.17) is 15.6 Å². The van der Waals surface area contributed by atoms with E-state index in [0.29, 0.717) is 11.4 Å². The van der Waals surface area contributed by atoms with Gasteiger partial charge >= 0.3 is 38.7 Å². The molecule has 1 aromatic rings. The largest absolute Gasteiger partial charge is 3.00 e. The predicted octanol–water partition coefficient (Wildman–Crippen LogP) is -0.378. The smallest absolute Gasteiger partial charge is 0.547 e. The molecule has 0 aliphatic carbocycles. The third kappa shape index (κ3) is 3.07. The van der Waals surface area contributed by atoms with Crippen molar-refractivity contribution in [3.63, 3.8) is 0 Å². The van der Waals surface area contributed by atoms with Crippen LogP contribution >= 0.6 is 0 Å². The fourth-order valence-corrected chi connectivity index (χ4v) is 1.61. The van der Waals surface area contributed by atoms with Gasteiger partial charge in [0.25, 0.3) is 0 Å². The van der Waals surface area contributed by atoms with Crippen LogP contribution in [-0.4, -0.2) is 36.2 Å². The number of carbonyl (C=O) groups excluding carboxylic acids is 1. The number of aliphatic carboxylic acids is 1. The fraction of sp³-hybridized carbons (Fsp3) is 0.273. The Labute approximate surface area is 129 Å². The number of carbonyl (C=O) groups is 2. The summed E-state index contributed by atoms with van der Waals surface area (Å²) in [5.74, 6) is -1.15. The molecule has 0 fully saturated rings. The average Bonchev–Trinajstić information content (AvgIpc) is 2.42. The molecule has 0 saturated carbocycles. The normalized spacial score (nSPS) is 18.2. The number of rotatable bonds is 2. The molecule has 0 spiro atoms. The van der Waals surface area contributed by atoms with Crippen molar-refractivity contribution in [1.29, 1.82) is 0 Å². The second kappa shape index (κ2) is 6.27. The Balaban J connectivity index is 0.00000162. The maximum atomic E-state index is 11.9. The summed E-state index contributed by atoms with van der Waals surface area (Å²) in [5, 5.41) is 8.80. The van der Waals surface area contributed by atoms with Gasteiger partial charge in [0.05, 0.1) is 6.61 Å². The Kier molecular flexibility index (Phi) is 5.25. The zero-order chi connectivity index (χ0) is 12.4. The van der Waals surface area contributed by atoms with E-state index in [1.54, 1.807) is 18.2 Å². The van der Waals surface area contributed by atoms with Crippen LogP contribution in [0.3, 0.4) is 0 Å². The van der Waals surface area contributed by atoms with Crippen LogP contribution in [0.2, 0.25) is 0 Å². The minimum absolute atomic E-state index is 0. The number of carboxylic acid groups (broad SMARTS) is 1. The first kappa shape index (κ1) is 15.1. The van der Waals surface area contributed by atoms with Crippen molar-refractivity contribution in [2.24, 2.45) is 5.73 Å². The maximum Gasteiger partial charge on any atom is 3.00 e. The van der Waals surface area contributed by atoms with Gasteiger partial charge in [-0.25, -0.2) is 0 Å². The van der Waals surface area contributed by atoms with Crippen molar-refractivity contribution < 1.29 is 52.1 Å². The average molecular weight is 324 g/mol. The molecule has 0 bridgehead atoms. The van der Waals surface area contributed by atoms with E-state index in [2.05, 4.69) is 6.07 Å². The quantitative estimate of drug-likeness (QED) is 0.724. The fourth-order valence-electron chi connectivity index (χ4n) is 1.61. The standard InChI is InChI=1S/C11H11N2O4.Y/c12-7-6-17-9-4-2-1-3-8(9)13(11(7)16)5-10(14)15;/h1,3-4,7H,5-6,12H2,(H,14,15);/q-1;+3. The Morgan fingerprint density at radius 1 is 1.67 bits per heavy atom. The van der Waals surface area contributed by atoms with Crippen molar-refractivity contribution in [1.82, 2.24) is 0 Å². The Morgan fingerprint density at radius 3 is 3.06 bits per heavy atom. The molecule has 1 aromatic carbocycles. The zero-order valence-electron chi connectivity index (χ0n) is 9.50. The number of hydrogen-bond donors (Lipinski definition) is 2. The number of anilines is 1. The van der Waals surface area contributed by atoms with Gasteiger partial charge in [0.1, 0.15) is 12.6 Å². The first-order valence-corrected chi connectivity index (χ1v) is 5.01. The van der Waals surface area contributed by atoms with Crippen LogP contribution in [0, 0.1) is 6.07 Å². The van der Waals surface area contributed by atoms with E-state index >= 15 is 0 Å². The van der Waals surface area contributed by atoms with Crippen molar-refractivity contribution in [2.75, 3.05) is 18.1 Å². The summed E-state index contributed by atoms with van der Waals surface area (Å²) < 4.78 is 5.33. The minimum atomic E-state index is -1.11. The van der Waals surface area contributed by atoms with Crippen LogP contribution in [0.25, 0.3) is 0 Å². The molecule has 18 heavy (non-hydrogen) atoms. The number of fused-ring (bicyclic) bond motifs is 1. The summed E-state index contributed by atoms with van der Waals surface area (Å²) in [7, 11) is 0. The molecule has 0 aromatic heterocycles. The van der Waals surface area contributed by atoms with Gasteiger partial charge in [-0.3, -0.25) is 9.59 Å². The summed E-state index contributed by atoms with van der Waals surface area (Å²) in [6.07, 6.45) is 0. The first-order chi connectivity index (χ1) is 8.09.